The van der Waals surface area contributed by atoms with Crippen molar-refractivity contribution in [3.63, 3.8) is 0 Å². The van der Waals surface area contributed by atoms with Crippen LogP contribution in [0.3, 0.4) is 0 Å². The summed E-state index contributed by atoms with van der Waals surface area (Å²) in [6.45, 7) is 0. The molecule has 3 heteroatoms. The Morgan fingerprint density at radius 3 is 1.27 bits per heavy atom. The minimum atomic E-state index is -2.07. The van der Waals surface area contributed by atoms with Crippen molar-refractivity contribution in [1.29, 1.82) is 0 Å². The summed E-state index contributed by atoms with van der Waals surface area (Å²) in [7, 11) is 0. The molecule has 0 atom stereocenters. The summed E-state index contributed by atoms with van der Waals surface area (Å²) < 4.78 is 0. The van der Waals surface area contributed by atoms with Gasteiger partial charge in [-0.2, -0.15) is 24.2 Å². The molecule has 0 spiro atoms. The van der Waals surface area contributed by atoms with Gasteiger partial charge >= 0.3 is 0 Å². The van der Waals surface area contributed by atoms with E-state index in [1.807, 2.05) is 36.4 Å². The molecule has 0 amide bonds. The van der Waals surface area contributed by atoms with E-state index in [1.54, 1.807) is 0 Å². The molecule has 0 aromatic heterocycles. The molecule has 0 heterocycles. The SMILES string of the molecule is S[Si](S)(c1ccccc1)c1ccccc1. The molecule has 0 N–H and O–H groups in total. The summed E-state index contributed by atoms with van der Waals surface area (Å²) >= 11 is 9.54. The van der Waals surface area contributed by atoms with E-state index < -0.39 is 6.37 Å². The highest BCUT2D eigenvalue weighted by Gasteiger charge is 2.28. The van der Waals surface area contributed by atoms with Gasteiger partial charge in [0.1, 0.15) is 0 Å². The molecule has 0 unspecified atom stereocenters. The van der Waals surface area contributed by atoms with Crippen LogP contribution in [0.2, 0.25) is 0 Å². The second-order valence-electron chi connectivity index (χ2n) is 3.40. The maximum absolute atomic E-state index is 4.77. The molecule has 0 nitrogen and oxygen atoms in total. The zero-order chi connectivity index (χ0) is 10.7. The number of benzene rings is 2. The van der Waals surface area contributed by atoms with Gasteiger partial charge < -0.3 is 0 Å². The molecule has 0 aliphatic rings. The monoisotopic (exact) mass is 248 g/mol. The van der Waals surface area contributed by atoms with Gasteiger partial charge in [0.15, 0.2) is 0 Å². The first-order chi connectivity index (χ1) is 7.21. The molecule has 0 bridgehead atoms. The Morgan fingerprint density at radius 1 is 0.600 bits per heavy atom. The van der Waals surface area contributed by atoms with Gasteiger partial charge in [-0.05, 0) is 10.4 Å². The Bertz CT molecular complexity index is 384. The zero-order valence-electron chi connectivity index (χ0n) is 8.17. The lowest BCUT2D eigenvalue weighted by molar-refractivity contribution is 1.74. The van der Waals surface area contributed by atoms with Crippen LogP contribution in [0.5, 0.6) is 0 Å². The summed E-state index contributed by atoms with van der Waals surface area (Å²) in [6, 6.07) is 20.6. The van der Waals surface area contributed by atoms with Crippen molar-refractivity contribution >= 4 is 40.9 Å². The molecule has 0 saturated carbocycles. The molecule has 2 rings (SSSR count). The molecule has 0 aliphatic carbocycles. The summed E-state index contributed by atoms with van der Waals surface area (Å²) in [6.07, 6.45) is -2.07. The predicted molar refractivity (Wildman–Crippen MR) is 75.9 cm³/mol. The van der Waals surface area contributed by atoms with Gasteiger partial charge in [-0.15, -0.1) is 0 Å². The summed E-state index contributed by atoms with van der Waals surface area (Å²) in [4.78, 5) is 0. The quantitative estimate of drug-likeness (QED) is 0.590. The first-order valence-electron chi connectivity index (χ1n) is 4.77. The van der Waals surface area contributed by atoms with Crippen molar-refractivity contribution in [1.82, 2.24) is 0 Å². The van der Waals surface area contributed by atoms with E-state index in [9.17, 15) is 0 Å². The Balaban J connectivity index is 2.44. The van der Waals surface area contributed by atoms with Crippen LogP contribution in [0.4, 0.5) is 0 Å². The van der Waals surface area contributed by atoms with E-state index in [1.165, 1.54) is 10.4 Å². The molecular weight excluding hydrogens is 236 g/mol. The van der Waals surface area contributed by atoms with E-state index in [0.29, 0.717) is 0 Å². The third kappa shape index (κ3) is 2.30. The van der Waals surface area contributed by atoms with Gasteiger partial charge in [0.05, 0.1) is 0 Å². The van der Waals surface area contributed by atoms with Gasteiger partial charge in [-0.3, -0.25) is 0 Å². The second-order valence-corrected chi connectivity index (χ2v) is 11.0. The fraction of sp³-hybridized carbons (Fsp3) is 0. The fourth-order valence-corrected chi connectivity index (χ4v) is 4.94. The molecule has 2 aromatic carbocycles. The Labute approximate surface area is 101 Å². The summed E-state index contributed by atoms with van der Waals surface area (Å²) in [5.41, 5.74) is 0. The largest absolute Gasteiger partial charge is 0.233 e. The van der Waals surface area contributed by atoms with Crippen LogP contribution in [0, 0.1) is 0 Å². The van der Waals surface area contributed by atoms with Crippen LogP contribution in [0.15, 0.2) is 60.7 Å². The third-order valence-electron chi connectivity index (χ3n) is 2.35. The normalized spacial score (nSPS) is 11.3. The summed E-state index contributed by atoms with van der Waals surface area (Å²) in [5, 5.41) is 2.45. The minimum Gasteiger partial charge on any atom is -0.181 e. The van der Waals surface area contributed by atoms with Crippen LogP contribution in [0.25, 0.3) is 0 Å². The first kappa shape index (κ1) is 10.9. The van der Waals surface area contributed by atoms with Crippen LogP contribution in [0.1, 0.15) is 0 Å². The average Bonchev–Trinajstić information content (AvgIpc) is 2.31. The Morgan fingerprint density at radius 2 is 0.933 bits per heavy atom. The van der Waals surface area contributed by atoms with E-state index in [4.69, 9.17) is 24.2 Å². The van der Waals surface area contributed by atoms with Gasteiger partial charge in [0.25, 0.3) is 0 Å². The molecule has 0 aliphatic heterocycles. The van der Waals surface area contributed by atoms with Gasteiger partial charge in [0, 0.05) is 0 Å². The van der Waals surface area contributed by atoms with Crippen molar-refractivity contribution in [3.8, 4) is 0 Å². The van der Waals surface area contributed by atoms with Gasteiger partial charge in [-0.25, -0.2) is 0 Å². The smallest absolute Gasteiger partial charge is 0.181 e. The van der Waals surface area contributed by atoms with Gasteiger partial charge in [-0.1, -0.05) is 60.7 Å². The number of hydrogen-bond donors (Lipinski definition) is 2. The molecule has 0 saturated heterocycles. The predicted octanol–water partition coefficient (Wildman–Crippen LogP) is 2.10. The maximum Gasteiger partial charge on any atom is 0.233 e. The van der Waals surface area contributed by atoms with Crippen LogP contribution in [-0.4, -0.2) is 6.37 Å². The van der Waals surface area contributed by atoms with E-state index in [-0.39, 0.29) is 0 Å². The zero-order valence-corrected chi connectivity index (χ0v) is 11.0. The lowest BCUT2D eigenvalue weighted by Gasteiger charge is -2.20. The number of thiol groups is 2. The Kier molecular flexibility index (Phi) is 3.24. The molecule has 15 heavy (non-hydrogen) atoms. The molecule has 0 fully saturated rings. The molecule has 0 radical (unpaired) electrons. The van der Waals surface area contributed by atoms with Crippen LogP contribution in [-0.2, 0) is 0 Å². The summed E-state index contributed by atoms with van der Waals surface area (Å²) in [5.74, 6) is 0. The highest BCUT2D eigenvalue weighted by molar-refractivity contribution is 8.48. The minimum absolute atomic E-state index is 1.22. The van der Waals surface area contributed by atoms with Crippen molar-refractivity contribution < 1.29 is 0 Å². The van der Waals surface area contributed by atoms with Crippen molar-refractivity contribution in [3.05, 3.63) is 60.7 Å². The third-order valence-corrected chi connectivity index (χ3v) is 7.73. The highest BCUT2D eigenvalue weighted by atomic mass is 32.5. The fourth-order valence-electron chi connectivity index (χ4n) is 1.51. The molecule has 2 aromatic rings. The lowest BCUT2D eigenvalue weighted by Crippen LogP contribution is -2.48. The second kappa shape index (κ2) is 4.47. The molecular formula is C12H12S2Si. The van der Waals surface area contributed by atoms with Gasteiger partial charge in [0.2, 0.25) is 6.37 Å². The maximum atomic E-state index is 4.77. The van der Waals surface area contributed by atoms with E-state index in [0.717, 1.165) is 0 Å². The average molecular weight is 248 g/mol. The number of rotatable bonds is 2. The lowest BCUT2D eigenvalue weighted by atomic mass is 10.4. The Hall–Kier alpha value is -0.643. The van der Waals surface area contributed by atoms with Crippen molar-refractivity contribution in [2.75, 3.05) is 0 Å². The molecule has 76 valence electrons. The topological polar surface area (TPSA) is 0 Å². The number of hydrogen-bond acceptors (Lipinski definition) is 2. The van der Waals surface area contributed by atoms with E-state index >= 15 is 0 Å². The van der Waals surface area contributed by atoms with Crippen LogP contribution < -0.4 is 10.4 Å². The first-order valence-corrected chi connectivity index (χ1v) is 9.35. The van der Waals surface area contributed by atoms with Crippen molar-refractivity contribution in [2.45, 2.75) is 0 Å². The van der Waals surface area contributed by atoms with E-state index in [2.05, 4.69) is 24.3 Å². The highest BCUT2D eigenvalue weighted by Crippen LogP contribution is 2.13. The van der Waals surface area contributed by atoms with Crippen LogP contribution >= 0.6 is 24.2 Å². The standard InChI is InChI=1S/C12H12S2Si/c13-15(14,11-7-3-1-4-8-11)12-9-5-2-6-10-12/h1-10,13-14H. The van der Waals surface area contributed by atoms with Crippen molar-refractivity contribution in [2.24, 2.45) is 0 Å².